The fourth-order valence-corrected chi connectivity index (χ4v) is 3.75. The molecule has 1 heterocycles. The number of hydrogen-bond acceptors (Lipinski definition) is 6. The lowest BCUT2D eigenvalue weighted by atomic mass is 9.99. The number of aliphatic hydroxyl groups is 4. The average Bonchev–Trinajstić information content (AvgIpc) is 2.75. The largest absolute Gasteiger partial charge is 0.394 e. The predicted molar refractivity (Wildman–Crippen MR) is 119 cm³/mol. The summed E-state index contributed by atoms with van der Waals surface area (Å²) in [6.07, 6.45) is 16.0. The monoisotopic (exact) mass is 430 g/mol. The molecule has 1 rings (SSSR count). The quantitative estimate of drug-likeness (QED) is 0.195. The third-order valence-electron chi connectivity index (χ3n) is 5.79. The van der Waals surface area contributed by atoms with Crippen LogP contribution in [0.5, 0.6) is 0 Å². The topological polar surface area (TPSA) is 99.4 Å². The lowest BCUT2D eigenvalue weighted by molar-refractivity contribution is -0.301. The summed E-state index contributed by atoms with van der Waals surface area (Å²) >= 11 is 0. The molecule has 1 saturated heterocycles. The number of rotatable bonds is 18. The maximum Gasteiger partial charge on any atom is 0.186 e. The summed E-state index contributed by atoms with van der Waals surface area (Å²) in [5.41, 5.74) is 0. The predicted octanol–water partition coefficient (Wildman–Crippen LogP) is 3.84. The molecular formula is C24H46O6. The van der Waals surface area contributed by atoms with Gasteiger partial charge in [0, 0.05) is 6.61 Å². The number of hydrogen-bond donors (Lipinski definition) is 4. The Kier molecular flexibility index (Phi) is 16.6. The van der Waals surface area contributed by atoms with Crippen molar-refractivity contribution in [3.8, 4) is 0 Å². The van der Waals surface area contributed by atoms with E-state index >= 15 is 0 Å². The second kappa shape index (κ2) is 18.1. The van der Waals surface area contributed by atoms with E-state index in [0.717, 1.165) is 19.3 Å². The molecule has 1 fully saturated rings. The molecule has 1 aliphatic heterocycles. The number of aliphatic hydroxyl groups excluding tert-OH is 4. The van der Waals surface area contributed by atoms with Crippen LogP contribution in [-0.2, 0) is 9.47 Å². The van der Waals surface area contributed by atoms with Crippen LogP contribution in [-0.4, -0.2) is 64.3 Å². The van der Waals surface area contributed by atoms with Crippen LogP contribution in [0.3, 0.4) is 0 Å². The van der Waals surface area contributed by atoms with Gasteiger partial charge >= 0.3 is 0 Å². The Morgan fingerprint density at radius 2 is 1.23 bits per heavy atom. The summed E-state index contributed by atoms with van der Waals surface area (Å²) in [7, 11) is 0. The first-order valence-corrected chi connectivity index (χ1v) is 12.2. The van der Waals surface area contributed by atoms with Crippen molar-refractivity contribution in [3.63, 3.8) is 0 Å². The van der Waals surface area contributed by atoms with Gasteiger partial charge in [-0.15, -0.1) is 0 Å². The zero-order chi connectivity index (χ0) is 22.0. The van der Waals surface area contributed by atoms with Crippen LogP contribution in [0.2, 0.25) is 0 Å². The minimum Gasteiger partial charge on any atom is -0.394 e. The van der Waals surface area contributed by atoms with Crippen molar-refractivity contribution in [3.05, 3.63) is 12.2 Å². The van der Waals surface area contributed by atoms with Crippen LogP contribution in [0.25, 0.3) is 0 Å². The SMILES string of the molecule is CCCCCCCC/C=C/CCCCCCCCO[C@@H]1O[C@H](CO)[C@@H](O)[C@H](O)[C@H]1O. The molecule has 0 amide bonds. The van der Waals surface area contributed by atoms with E-state index in [-0.39, 0.29) is 0 Å². The molecular weight excluding hydrogens is 384 g/mol. The van der Waals surface area contributed by atoms with Crippen molar-refractivity contribution in [2.75, 3.05) is 13.2 Å². The molecule has 0 aromatic rings. The summed E-state index contributed by atoms with van der Waals surface area (Å²) < 4.78 is 10.8. The van der Waals surface area contributed by atoms with Gasteiger partial charge < -0.3 is 29.9 Å². The second-order valence-corrected chi connectivity index (χ2v) is 8.51. The van der Waals surface area contributed by atoms with Gasteiger partial charge in [-0.05, 0) is 32.1 Å². The van der Waals surface area contributed by atoms with Crippen LogP contribution in [0.4, 0.5) is 0 Å². The summed E-state index contributed by atoms with van der Waals surface area (Å²) in [5.74, 6) is 0. The molecule has 0 bridgehead atoms. The van der Waals surface area contributed by atoms with Gasteiger partial charge in [0.05, 0.1) is 6.61 Å². The Balaban J connectivity index is 1.90. The minimum atomic E-state index is -1.37. The molecule has 0 aliphatic carbocycles. The molecule has 6 nitrogen and oxygen atoms in total. The highest BCUT2D eigenvalue weighted by molar-refractivity contribution is 4.88. The number of unbranched alkanes of at least 4 members (excludes halogenated alkanes) is 12. The first-order chi connectivity index (χ1) is 14.6. The van der Waals surface area contributed by atoms with Gasteiger partial charge in [0.2, 0.25) is 0 Å². The van der Waals surface area contributed by atoms with Crippen LogP contribution < -0.4 is 0 Å². The van der Waals surface area contributed by atoms with E-state index in [0.29, 0.717) is 6.61 Å². The summed E-state index contributed by atoms with van der Waals surface area (Å²) in [6, 6.07) is 0. The lowest BCUT2D eigenvalue weighted by Crippen LogP contribution is -2.59. The van der Waals surface area contributed by atoms with Crippen molar-refractivity contribution < 1.29 is 29.9 Å². The van der Waals surface area contributed by atoms with Crippen molar-refractivity contribution in [2.45, 2.75) is 128 Å². The highest BCUT2D eigenvalue weighted by Gasteiger charge is 2.43. The highest BCUT2D eigenvalue weighted by atomic mass is 16.7. The Bertz CT molecular complexity index is 415. The van der Waals surface area contributed by atoms with Gasteiger partial charge in [-0.2, -0.15) is 0 Å². The highest BCUT2D eigenvalue weighted by Crippen LogP contribution is 2.22. The molecule has 0 radical (unpaired) electrons. The van der Waals surface area contributed by atoms with Gasteiger partial charge in [0.1, 0.15) is 24.4 Å². The van der Waals surface area contributed by atoms with E-state index in [9.17, 15) is 15.3 Å². The standard InChI is InChI=1S/C24H46O6/c1-2-3-4-5-6-7-8-9-10-11-12-13-14-15-16-17-18-29-24-23(28)22(27)21(26)20(19-25)30-24/h9-10,20-28H,2-8,11-19H2,1H3/b10-9+/t20-,21-,22+,23-,24-/m1/s1. The Morgan fingerprint density at radius 1 is 0.700 bits per heavy atom. The fraction of sp³-hybridized carbons (Fsp3) is 0.917. The zero-order valence-electron chi connectivity index (χ0n) is 19.0. The van der Waals surface area contributed by atoms with E-state index in [1.165, 1.54) is 70.6 Å². The third kappa shape index (κ3) is 11.8. The Hall–Kier alpha value is -0.500. The van der Waals surface area contributed by atoms with Gasteiger partial charge in [-0.25, -0.2) is 0 Å². The maximum absolute atomic E-state index is 9.91. The molecule has 4 N–H and O–H groups in total. The Labute approximate surface area is 183 Å². The molecule has 1 aliphatic rings. The van der Waals surface area contributed by atoms with Crippen molar-refractivity contribution in [2.24, 2.45) is 0 Å². The number of allylic oxidation sites excluding steroid dienone is 2. The molecule has 6 heteroatoms. The fourth-order valence-electron chi connectivity index (χ4n) is 3.75. The van der Waals surface area contributed by atoms with E-state index in [1.807, 2.05) is 0 Å². The summed E-state index contributed by atoms with van der Waals surface area (Å²) in [5, 5.41) is 38.6. The van der Waals surface area contributed by atoms with Gasteiger partial charge in [-0.1, -0.05) is 76.9 Å². The van der Waals surface area contributed by atoms with Gasteiger partial charge in [-0.3, -0.25) is 0 Å². The van der Waals surface area contributed by atoms with E-state index in [2.05, 4.69) is 19.1 Å². The molecule has 0 aromatic carbocycles. The molecule has 0 unspecified atom stereocenters. The molecule has 0 spiro atoms. The summed E-state index contributed by atoms with van der Waals surface area (Å²) in [6.45, 7) is 2.24. The molecule has 178 valence electrons. The first kappa shape index (κ1) is 27.5. The van der Waals surface area contributed by atoms with E-state index < -0.39 is 37.3 Å². The minimum absolute atomic E-state index is 0.421. The van der Waals surface area contributed by atoms with Crippen molar-refractivity contribution in [1.82, 2.24) is 0 Å². The van der Waals surface area contributed by atoms with Crippen LogP contribution in [0, 0.1) is 0 Å². The van der Waals surface area contributed by atoms with Crippen LogP contribution >= 0.6 is 0 Å². The lowest BCUT2D eigenvalue weighted by Gasteiger charge is -2.39. The zero-order valence-corrected chi connectivity index (χ0v) is 19.0. The maximum atomic E-state index is 9.91. The smallest absolute Gasteiger partial charge is 0.186 e. The molecule has 0 saturated carbocycles. The third-order valence-corrected chi connectivity index (χ3v) is 5.79. The molecule has 5 atom stereocenters. The Morgan fingerprint density at radius 3 is 1.80 bits per heavy atom. The van der Waals surface area contributed by atoms with Gasteiger partial charge in [0.15, 0.2) is 6.29 Å². The van der Waals surface area contributed by atoms with Gasteiger partial charge in [0.25, 0.3) is 0 Å². The normalized spacial score (nSPS) is 27.2. The van der Waals surface area contributed by atoms with Crippen LogP contribution in [0.1, 0.15) is 96.8 Å². The first-order valence-electron chi connectivity index (χ1n) is 12.2. The van der Waals surface area contributed by atoms with E-state index in [1.54, 1.807) is 0 Å². The average molecular weight is 431 g/mol. The van der Waals surface area contributed by atoms with Crippen LogP contribution in [0.15, 0.2) is 12.2 Å². The van der Waals surface area contributed by atoms with E-state index in [4.69, 9.17) is 14.6 Å². The summed E-state index contributed by atoms with van der Waals surface area (Å²) in [4.78, 5) is 0. The molecule has 30 heavy (non-hydrogen) atoms. The second-order valence-electron chi connectivity index (χ2n) is 8.51. The molecule has 0 aromatic heterocycles. The van der Waals surface area contributed by atoms with Crippen molar-refractivity contribution in [1.29, 1.82) is 0 Å². The van der Waals surface area contributed by atoms with Crippen molar-refractivity contribution >= 4 is 0 Å². The number of ether oxygens (including phenoxy) is 2.